The minimum Gasteiger partial charge on any atom is -0.360 e. The van der Waals surface area contributed by atoms with E-state index in [1.54, 1.807) is 6.07 Å². The molecule has 166 valence electrons. The molecule has 0 bridgehead atoms. The molecule has 0 amide bonds. The monoisotopic (exact) mass is 450 g/mol. The number of nitrogens with zero attached hydrogens (tertiary/aromatic N) is 4. The van der Waals surface area contributed by atoms with Gasteiger partial charge in [-0.05, 0) is 42.1 Å². The van der Waals surface area contributed by atoms with Crippen molar-refractivity contribution >= 4 is 27.8 Å². The van der Waals surface area contributed by atoms with Crippen LogP contribution >= 0.6 is 0 Å². The van der Waals surface area contributed by atoms with Gasteiger partial charge in [-0.15, -0.1) is 0 Å². The molecule has 0 aliphatic rings. The van der Waals surface area contributed by atoms with Gasteiger partial charge in [-0.25, -0.2) is 28.1 Å². The van der Waals surface area contributed by atoms with Gasteiger partial charge in [0.15, 0.2) is 23.1 Å². The number of hydrogen-bond acceptors (Lipinski definition) is 5. The van der Waals surface area contributed by atoms with Crippen molar-refractivity contribution in [3.63, 3.8) is 0 Å². The number of fused-ring (bicyclic) bond motifs is 2. The molecule has 0 saturated carbocycles. The maximum absolute atomic E-state index is 14.8. The van der Waals surface area contributed by atoms with Gasteiger partial charge in [-0.2, -0.15) is 0 Å². The third-order valence-electron chi connectivity index (χ3n) is 5.48. The van der Waals surface area contributed by atoms with Crippen LogP contribution in [-0.2, 0) is 0 Å². The molecular weight excluding hydrogens is 433 g/mol. The average Bonchev–Trinajstić information content (AvgIpc) is 3.30. The highest BCUT2D eigenvalue weighted by molar-refractivity contribution is 5.84. The number of aromatic nitrogens is 5. The van der Waals surface area contributed by atoms with E-state index in [-0.39, 0.29) is 11.1 Å². The molecule has 2 aromatic carbocycles. The maximum Gasteiger partial charge on any atom is 0.263 e. The van der Waals surface area contributed by atoms with Crippen molar-refractivity contribution in [2.75, 3.05) is 5.32 Å². The summed E-state index contributed by atoms with van der Waals surface area (Å²) >= 11 is 0. The molecule has 5 rings (SSSR count). The number of aromatic amines is 1. The molecular formula is C23H17F3N6O. The van der Waals surface area contributed by atoms with Gasteiger partial charge in [0.1, 0.15) is 17.7 Å². The molecule has 0 saturated heterocycles. The fourth-order valence-corrected chi connectivity index (χ4v) is 3.90. The van der Waals surface area contributed by atoms with E-state index in [0.717, 1.165) is 16.7 Å². The van der Waals surface area contributed by atoms with Crippen LogP contribution in [0, 0.1) is 17.5 Å². The molecule has 10 heteroatoms. The molecule has 3 aromatic heterocycles. The molecule has 2 N–H and O–H groups in total. The lowest BCUT2D eigenvalue weighted by Gasteiger charge is -2.23. The van der Waals surface area contributed by atoms with Gasteiger partial charge in [0.2, 0.25) is 0 Å². The first-order chi connectivity index (χ1) is 16.0. The van der Waals surface area contributed by atoms with E-state index in [2.05, 4.69) is 25.3 Å². The van der Waals surface area contributed by atoms with Crippen molar-refractivity contribution in [1.82, 2.24) is 24.5 Å². The van der Waals surface area contributed by atoms with Crippen LogP contribution in [0.1, 0.15) is 25.1 Å². The highest BCUT2D eigenvalue weighted by atomic mass is 19.2. The molecule has 1 unspecified atom stereocenters. The van der Waals surface area contributed by atoms with Gasteiger partial charge in [-0.1, -0.05) is 19.1 Å². The van der Waals surface area contributed by atoms with E-state index in [9.17, 15) is 18.0 Å². The van der Waals surface area contributed by atoms with Crippen LogP contribution in [0.4, 0.5) is 19.0 Å². The normalized spacial score (nSPS) is 12.4. The van der Waals surface area contributed by atoms with Crippen LogP contribution in [0.3, 0.4) is 0 Å². The van der Waals surface area contributed by atoms with Crippen LogP contribution < -0.4 is 10.9 Å². The predicted octanol–water partition coefficient (Wildman–Crippen LogP) is 4.64. The Morgan fingerprint density at radius 2 is 1.94 bits per heavy atom. The van der Waals surface area contributed by atoms with Crippen molar-refractivity contribution in [3.05, 3.63) is 88.6 Å². The number of rotatable bonds is 5. The first-order valence-corrected chi connectivity index (χ1v) is 10.2. The topological polar surface area (TPSA) is 88.5 Å². The van der Waals surface area contributed by atoms with E-state index in [1.165, 1.54) is 36.9 Å². The first kappa shape index (κ1) is 20.7. The number of benzene rings is 2. The summed E-state index contributed by atoms with van der Waals surface area (Å²) in [6.07, 6.45) is 3.29. The van der Waals surface area contributed by atoms with E-state index in [4.69, 9.17) is 0 Å². The quantitative estimate of drug-likeness (QED) is 0.407. The zero-order valence-electron chi connectivity index (χ0n) is 17.3. The maximum atomic E-state index is 14.8. The zero-order chi connectivity index (χ0) is 23.1. The predicted molar refractivity (Wildman–Crippen MR) is 118 cm³/mol. The molecule has 0 spiro atoms. The van der Waals surface area contributed by atoms with E-state index >= 15 is 0 Å². The fraction of sp³-hybridized carbons (Fsp3) is 0.130. The minimum absolute atomic E-state index is 0.0512. The number of H-pyrrole nitrogens is 1. The lowest BCUT2D eigenvalue weighted by Crippen LogP contribution is -2.27. The molecule has 0 fully saturated rings. The molecule has 3 heterocycles. The van der Waals surface area contributed by atoms with E-state index < -0.39 is 29.1 Å². The van der Waals surface area contributed by atoms with Gasteiger partial charge < -0.3 is 10.3 Å². The summed E-state index contributed by atoms with van der Waals surface area (Å²) in [5.74, 6) is -2.45. The van der Waals surface area contributed by atoms with Gasteiger partial charge in [0.05, 0.1) is 23.4 Å². The first-order valence-electron chi connectivity index (χ1n) is 10.2. The second-order valence-electron chi connectivity index (χ2n) is 7.44. The Kier molecular flexibility index (Phi) is 5.04. The van der Waals surface area contributed by atoms with Crippen LogP contribution in [0.25, 0.3) is 27.6 Å². The van der Waals surface area contributed by atoms with E-state index in [0.29, 0.717) is 34.5 Å². The van der Waals surface area contributed by atoms with Crippen molar-refractivity contribution < 1.29 is 13.2 Å². The Bertz CT molecular complexity index is 1560. The van der Waals surface area contributed by atoms with E-state index in [1.807, 2.05) is 6.92 Å². The van der Waals surface area contributed by atoms with Crippen LogP contribution in [0.15, 0.2) is 59.9 Å². The summed E-state index contributed by atoms with van der Waals surface area (Å²) in [4.78, 5) is 28.9. The largest absolute Gasteiger partial charge is 0.360 e. The number of hydrogen-bond donors (Lipinski definition) is 2. The highest BCUT2D eigenvalue weighted by Crippen LogP contribution is 2.29. The number of imidazole rings is 1. The van der Waals surface area contributed by atoms with Gasteiger partial charge in [0.25, 0.3) is 5.56 Å². The van der Waals surface area contributed by atoms with Crippen molar-refractivity contribution in [1.29, 1.82) is 0 Å². The van der Waals surface area contributed by atoms with Gasteiger partial charge >= 0.3 is 0 Å². The second kappa shape index (κ2) is 8.05. The van der Waals surface area contributed by atoms with Crippen molar-refractivity contribution in [2.45, 2.75) is 19.4 Å². The third kappa shape index (κ3) is 3.49. The Labute approximate surface area is 185 Å². The average molecular weight is 450 g/mol. The summed E-state index contributed by atoms with van der Waals surface area (Å²) in [6.45, 7) is 1.87. The van der Waals surface area contributed by atoms with Crippen LogP contribution in [0.5, 0.6) is 0 Å². The summed E-state index contributed by atoms with van der Waals surface area (Å²) in [5, 5.41) is 3.77. The highest BCUT2D eigenvalue weighted by Gasteiger charge is 2.23. The van der Waals surface area contributed by atoms with Gasteiger partial charge in [-0.3, -0.25) is 9.36 Å². The van der Waals surface area contributed by atoms with Crippen molar-refractivity contribution in [3.8, 4) is 5.69 Å². The molecule has 1 atom stereocenters. The Hall–Kier alpha value is -4.21. The van der Waals surface area contributed by atoms with Crippen molar-refractivity contribution in [2.24, 2.45) is 0 Å². The molecule has 33 heavy (non-hydrogen) atoms. The Morgan fingerprint density at radius 1 is 1.09 bits per heavy atom. The lowest BCUT2D eigenvalue weighted by molar-refractivity contribution is 0.501. The lowest BCUT2D eigenvalue weighted by atomic mass is 10.0. The van der Waals surface area contributed by atoms with Gasteiger partial charge in [0, 0.05) is 5.69 Å². The third-order valence-corrected chi connectivity index (χ3v) is 5.48. The molecule has 7 nitrogen and oxygen atoms in total. The van der Waals surface area contributed by atoms with Crippen LogP contribution in [0.2, 0.25) is 0 Å². The number of nitrogens with one attached hydrogen (secondary N) is 2. The molecule has 0 radical (unpaired) electrons. The summed E-state index contributed by atoms with van der Waals surface area (Å²) in [6, 6.07) is 8.50. The minimum atomic E-state index is -1.18. The Morgan fingerprint density at radius 3 is 2.76 bits per heavy atom. The summed E-state index contributed by atoms with van der Waals surface area (Å²) in [7, 11) is 0. The SMILES string of the molecule is CCC(Nc1ncnc2nc[nH]c12)c1cc2ccc(F)cc2c(=O)n1-c1cccc(F)c1F. The molecule has 5 aromatic rings. The Balaban J connectivity index is 1.76. The fourth-order valence-electron chi connectivity index (χ4n) is 3.90. The molecule has 0 aliphatic heterocycles. The zero-order valence-corrected chi connectivity index (χ0v) is 17.3. The van der Waals surface area contributed by atoms with Crippen LogP contribution in [-0.4, -0.2) is 24.5 Å². The number of halogens is 3. The summed E-state index contributed by atoms with van der Waals surface area (Å²) < 4.78 is 43.9. The molecule has 0 aliphatic carbocycles. The standard InChI is InChI=1S/C23H17F3N6O/c1-2-16(31-22-20-21(28-10-27-20)29-11-30-22)18-8-12-6-7-13(24)9-14(12)23(33)32(18)17-5-3-4-15(25)19(17)26/h3-11,16H,2H2,1H3,(H2,27,28,29,30,31). The smallest absolute Gasteiger partial charge is 0.263 e. The number of anilines is 1. The number of pyridine rings is 1. The second-order valence-corrected chi connectivity index (χ2v) is 7.44. The summed E-state index contributed by atoms with van der Waals surface area (Å²) in [5.41, 5.74) is 0.434.